The van der Waals surface area contributed by atoms with Gasteiger partial charge in [-0.1, -0.05) is 13.8 Å². The molecular weight excluding hydrogens is 266 g/mol. The second-order valence-corrected chi connectivity index (χ2v) is 5.56. The molecule has 0 bridgehead atoms. The smallest absolute Gasteiger partial charge is 0.335 e. The molecule has 2 aromatic rings. The third-order valence-electron chi connectivity index (χ3n) is 3.43. The number of benzene rings is 1. The van der Waals surface area contributed by atoms with Crippen LogP contribution in [0.3, 0.4) is 0 Å². The monoisotopic (exact) mass is 287 g/mol. The second kappa shape index (κ2) is 5.99. The van der Waals surface area contributed by atoms with E-state index in [9.17, 15) is 4.79 Å². The van der Waals surface area contributed by atoms with Crippen molar-refractivity contribution < 1.29 is 9.90 Å². The van der Waals surface area contributed by atoms with E-state index in [2.05, 4.69) is 24.3 Å². The van der Waals surface area contributed by atoms with Crippen LogP contribution in [-0.2, 0) is 13.6 Å². The van der Waals surface area contributed by atoms with Gasteiger partial charge in [-0.2, -0.15) is 5.10 Å². The molecule has 112 valence electrons. The Morgan fingerprint density at radius 3 is 2.71 bits per heavy atom. The van der Waals surface area contributed by atoms with Crippen molar-refractivity contribution in [2.75, 3.05) is 5.32 Å². The number of rotatable bonds is 5. The average Bonchev–Trinajstić information content (AvgIpc) is 2.78. The molecule has 0 spiro atoms. The van der Waals surface area contributed by atoms with Gasteiger partial charge in [0, 0.05) is 31.0 Å². The Morgan fingerprint density at radius 2 is 2.14 bits per heavy atom. The number of hydrogen-bond donors (Lipinski definition) is 2. The summed E-state index contributed by atoms with van der Waals surface area (Å²) in [7, 11) is 1.92. The summed E-state index contributed by atoms with van der Waals surface area (Å²) in [6.07, 6.45) is 2.02. The summed E-state index contributed by atoms with van der Waals surface area (Å²) in [6.45, 7) is 6.83. The van der Waals surface area contributed by atoms with Gasteiger partial charge in [0.05, 0.1) is 11.3 Å². The molecule has 5 heteroatoms. The molecule has 1 aromatic carbocycles. The number of nitrogens with zero attached hydrogens (tertiary/aromatic N) is 2. The highest BCUT2D eigenvalue weighted by Crippen LogP contribution is 2.21. The first-order valence-electron chi connectivity index (χ1n) is 6.98. The van der Waals surface area contributed by atoms with E-state index in [0.29, 0.717) is 18.0 Å². The second-order valence-electron chi connectivity index (χ2n) is 5.56. The standard InChI is InChI=1S/C16H21N3O2/c1-10(2)15-13(9-19(4)18-15)8-17-14-6-5-12(16(20)21)7-11(14)3/h5-7,9-10,17H,8H2,1-4H3,(H,20,21). The number of aryl methyl sites for hydroxylation is 2. The lowest BCUT2D eigenvalue weighted by Gasteiger charge is -2.11. The maximum Gasteiger partial charge on any atom is 0.335 e. The number of hydrogen-bond acceptors (Lipinski definition) is 3. The molecule has 2 rings (SSSR count). The minimum atomic E-state index is -0.904. The Bertz CT molecular complexity index is 660. The van der Waals surface area contributed by atoms with E-state index >= 15 is 0 Å². The predicted molar refractivity (Wildman–Crippen MR) is 82.8 cm³/mol. The summed E-state index contributed by atoms with van der Waals surface area (Å²) in [4.78, 5) is 10.9. The maximum atomic E-state index is 10.9. The Labute approximate surface area is 124 Å². The lowest BCUT2D eigenvalue weighted by molar-refractivity contribution is 0.0697. The van der Waals surface area contributed by atoms with Crippen molar-refractivity contribution in [3.63, 3.8) is 0 Å². The predicted octanol–water partition coefficient (Wildman–Crippen LogP) is 3.16. The van der Waals surface area contributed by atoms with E-state index in [4.69, 9.17) is 5.11 Å². The number of carbonyl (C=O) groups is 1. The van der Waals surface area contributed by atoms with Crippen LogP contribution in [0.4, 0.5) is 5.69 Å². The van der Waals surface area contributed by atoms with Crippen LogP contribution in [-0.4, -0.2) is 20.9 Å². The van der Waals surface area contributed by atoms with Crippen molar-refractivity contribution in [3.05, 3.63) is 46.8 Å². The van der Waals surface area contributed by atoms with Crippen LogP contribution in [0.15, 0.2) is 24.4 Å². The Kier molecular flexibility index (Phi) is 4.31. The molecule has 1 aromatic heterocycles. The zero-order valence-electron chi connectivity index (χ0n) is 12.8. The van der Waals surface area contributed by atoms with Gasteiger partial charge in [0.1, 0.15) is 0 Å². The van der Waals surface area contributed by atoms with E-state index in [1.807, 2.05) is 30.9 Å². The molecule has 0 radical (unpaired) electrons. The molecule has 0 amide bonds. The van der Waals surface area contributed by atoms with Crippen molar-refractivity contribution in [2.24, 2.45) is 7.05 Å². The Balaban J connectivity index is 2.15. The summed E-state index contributed by atoms with van der Waals surface area (Å²) in [5, 5.41) is 16.8. The topological polar surface area (TPSA) is 67.2 Å². The third-order valence-corrected chi connectivity index (χ3v) is 3.43. The minimum Gasteiger partial charge on any atom is -0.478 e. The number of nitrogens with one attached hydrogen (secondary N) is 1. The summed E-state index contributed by atoms with van der Waals surface area (Å²) >= 11 is 0. The quantitative estimate of drug-likeness (QED) is 0.886. The van der Waals surface area contributed by atoms with Gasteiger partial charge in [-0.25, -0.2) is 4.79 Å². The van der Waals surface area contributed by atoms with Crippen molar-refractivity contribution in [1.82, 2.24) is 9.78 Å². The van der Waals surface area contributed by atoms with E-state index in [-0.39, 0.29) is 0 Å². The van der Waals surface area contributed by atoms with E-state index in [1.54, 1.807) is 12.1 Å². The highest BCUT2D eigenvalue weighted by atomic mass is 16.4. The molecule has 21 heavy (non-hydrogen) atoms. The normalized spacial score (nSPS) is 10.9. The molecule has 0 unspecified atom stereocenters. The van der Waals surface area contributed by atoms with Crippen molar-refractivity contribution in [2.45, 2.75) is 33.2 Å². The number of aromatic carboxylic acids is 1. The van der Waals surface area contributed by atoms with Gasteiger partial charge in [0.2, 0.25) is 0 Å². The van der Waals surface area contributed by atoms with Crippen LogP contribution in [0.5, 0.6) is 0 Å². The van der Waals surface area contributed by atoms with Gasteiger partial charge in [0.25, 0.3) is 0 Å². The van der Waals surface area contributed by atoms with Crippen LogP contribution in [0.25, 0.3) is 0 Å². The summed E-state index contributed by atoms with van der Waals surface area (Å²) in [5.74, 6) is -0.530. The van der Waals surface area contributed by atoms with Crippen LogP contribution in [0.1, 0.15) is 46.9 Å². The van der Waals surface area contributed by atoms with Crippen LogP contribution in [0, 0.1) is 6.92 Å². The summed E-state index contributed by atoms with van der Waals surface area (Å²) < 4.78 is 1.83. The summed E-state index contributed by atoms with van der Waals surface area (Å²) in [5.41, 5.74) is 4.42. The van der Waals surface area contributed by atoms with E-state index < -0.39 is 5.97 Å². The van der Waals surface area contributed by atoms with Gasteiger partial charge < -0.3 is 10.4 Å². The van der Waals surface area contributed by atoms with Crippen LogP contribution < -0.4 is 5.32 Å². The fourth-order valence-corrected chi connectivity index (χ4v) is 2.36. The molecule has 0 aliphatic rings. The zero-order chi connectivity index (χ0) is 15.6. The number of anilines is 1. The van der Waals surface area contributed by atoms with Crippen molar-refractivity contribution in [3.8, 4) is 0 Å². The highest BCUT2D eigenvalue weighted by molar-refractivity contribution is 5.88. The molecule has 2 N–H and O–H groups in total. The molecular formula is C16H21N3O2. The summed E-state index contributed by atoms with van der Waals surface area (Å²) in [6, 6.07) is 5.10. The Morgan fingerprint density at radius 1 is 1.43 bits per heavy atom. The molecule has 5 nitrogen and oxygen atoms in total. The maximum absolute atomic E-state index is 10.9. The average molecular weight is 287 g/mol. The lowest BCUT2D eigenvalue weighted by Crippen LogP contribution is -2.05. The number of aromatic nitrogens is 2. The lowest BCUT2D eigenvalue weighted by atomic mass is 10.1. The largest absolute Gasteiger partial charge is 0.478 e. The van der Waals surface area contributed by atoms with E-state index in [0.717, 1.165) is 22.5 Å². The molecule has 0 atom stereocenters. The van der Waals surface area contributed by atoms with Crippen LogP contribution >= 0.6 is 0 Å². The first-order valence-corrected chi connectivity index (χ1v) is 6.98. The molecule has 0 aliphatic heterocycles. The van der Waals surface area contributed by atoms with Gasteiger partial charge in [-0.3, -0.25) is 4.68 Å². The molecule has 0 saturated heterocycles. The molecule has 1 heterocycles. The number of carboxylic acids is 1. The van der Waals surface area contributed by atoms with Crippen molar-refractivity contribution in [1.29, 1.82) is 0 Å². The van der Waals surface area contributed by atoms with E-state index in [1.165, 1.54) is 0 Å². The fraction of sp³-hybridized carbons (Fsp3) is 0.375. The first-order chi connectivity index (χ1) is 9.88. The first kappa shape index (κ1) is 15.1. The van der Waals surface area contributed by atoms with Gasteiger partial charge in [-0.05, 0) is 36.6 Å². The van der Waals surface area contributed by atoms with Crippen molar-refractivity contribution >= 4 is 11.7 Å². The minimum absolute atomic E-state index is 0.308. The van der Waals surface area contributed by atoms with Gasteiger partial charge in [0.15, 0.2) is 0 Å². The van der Waals surface area contributed by atoms with Gasteiger partial charge >= 0.3 is 5.97 Å². The fourth-order valence-electron chi connectivity index (χ4n) is 2.36. The molecule has 0 fully saturated rings. The molecule has 0 saturated carbocycles. The Hall–Kier alpha value is -2.30. The third kappa shape index (κ3) is 3.42. The SMILES string of the molecule is Cc1cc(C(=O)O)ccc1NCc1cn(C)nc1C(C)C. The number of carboxylic acid groups (broad SMARTS) is 1. The highest BCUT2D eigenvalue weighted by Gasteiger charge is 2.12. The zero-order valence-corrected chi connectivity index (χ0v) is 12.8. The van der Waals surface area contributed by atoms with Gasteiger partial charge in [-0.15, -0.1) is 0 Å². The van der Waals surface area contributed by atoms with Crippen LogP contribution in [0.2, 0.25) is 0 Å². The molecule has 0 aliphatic carbocycles.